The molecule has 27 heavy (non-hydrogen) atoms. The van der Waals surface area contributed by atoms with Crippen molar-refractivity contribution in [1.29, 1.82) is 0 Å². The first-order chi connectivity index (χ1) is 13.2. The lowest BCUT2D eigenvalue weighted by molar-refractivity contribution is -0.143. The maximum absolute atomic E-state index is 11.4. The molecule has 0 fully saturated rings. The van der Waals surface area contributed by atoms with Gasteiger partial charge in [-0.1, -0.05) is 36.4 Å². The molecule has 0 saturated carbocycles. The fourth-order valence-corrected chi connectivity index (χ4v) is 3.50. The fourth-order valence-electron chi connectivity index (χ4n) is 3.50. The number of aryl methyl sites for hydroxylation is 1. The van der Waals surface area contributed by atoms with E-state index in [9.17, 15) is 4.79 Å². The number of nitrogens with one attached hydrogen (secondary N) is 1. The van der Waals surface area contributed by atoms with E-state index in [0.29, 0.717) is 32.1 Å². The van der Waals surface area contributed by atoms with Gasteiger partial charge in [-0.25, -0.2) is 0 Å². The van der Waals surface area contributed by atoms with Crippen LogP contribution in [0.1, 0.15) is 42.9 Å². The SMILES string of the molecule is CCOC(=O)CCCOc1ccc2c(c1)CC(NCc1ccccc1)CC2. The van der Waals surface area contributed by atoms with Crippen molar-refractivity contribution in [3.63, 3.8) is 0 Å². The van der Waals surface area contributed by atoms with Gasteiger partial charge in [0.15, 0.2) is 0 Å². The second-order valence-corrected chi connectivity index (χ2v) is 6.99. The molecule has 0 aromatic heterocycles. The van der Waals surface area contributed by atoms with Gasteiger partial charge in [0, 0.05) is 19.0 Å². The zero-order valence-corrected chi connectivity index (χ0v) is 16.1. The normalized spacial score (nSPS) is 15.8. The predicted molar refractivity (Wildman–Crippen MR) is 107 cm³/mol. The molecule has 2 aromatic rings. The Morgan fingerprint density at radius 1 is 1.15 bits per heavy atom. The van der Waals surface area contributed by atoms with Gasteiger partial charge in [0.2, 0.25) is 0 Å². The molecule has 1 aliphatic rings. The van der Waals surface area contributed by atoms with Gasteiger partial charge in [-0.2, -0.15) is 0 Å². The van der Waals surface area contributed by atoms with Gasteiger partial charge in [0.1, 0.15) is 5.75 Å². The molecule has 0 heterocycles. The molecule has 4 heteroatoms. The monoisotopic (exact) mass is 367 g/mol. The summed E-state index contributed by atoms with van der Waals surface area (Å²) in [6.45, 7) is 3.70. The molecule has 0 spiro atoms. The van der Waals surface area contributed by atoms with Crippen molar-refractivity contribution in [3.8, 4) is 5.75 Å². The number of rotatable bonds is 9. The van der Waals surface area contributed by atoms with Gasteiger partial charge < -0.3 is 14.8 Å². The van der Waals surface area contributed by atoms with Gasteiger partial charge in [-0.05, 0) is 61.4 Å². The van der Waals surface area contributed by atoms with Crippen LogP contribution in [0.25, 0.3) is 0 Å². The summed E-state index contributed by atoms with van der Waals surface area (Å²) in [5.41, 5.74) is 4.11. The molecular weight excluding hydrogens is 338 g/mol. The first-order valence-corrected chi connectivity index (χ1v) is 9.92. The quantitative estimate of drug-likeness (QED) is 0.536. The van der Waals surface area contributed by atoms with E-state index in [1.807, 2.05) is 13.0 Å². The van der Waals surface area contributed by atoms with E-state index >= 15 is 0 Å². The van der Waals surface area contributed by atoms with Crippen LogP contribution in [-0.2, 0) is 28.9 Å². The minimum absolute atomic E-state index is 0.154. The van der Waals surface area contributed by atoms with Crippen LogP contribution in [0.3, 0.4) is 0 Å². The smallest absolute Gasteiger partial charge is 0.305 e. The Morgan fingerprint density at radius 3 is 2.81 bits per heavy atom. The molecule has 0 amide bonds. The third kappa shape index (κ3) is 6.10. The van der Waals surface area contributed by atoms with Crippen LogP contribution >= 0.6 is 0 Å². The lowest BCUT2D eigenvalue weighted by atomic mass is 9.88. The van der Waals surface area contributed by atoms with Crippen molar-refractivity contribution in [1.82, 2.24) is 5.32 Å². The molecule has 144 valence electrons. The zero-order valence-electron chi connectivity index (χ0n) is 16.1. The van der Waals surface area contributed by atoms with E-state index in [4.69, 9.17) is 9.47 Å². The first kappa shape index (κ1) is 19.4. The summed E-state index contributed by atoms with van der Waals surface area (Å²) < 4.78 is 10.8. The topological polar surface area (TPSA) is 47.6 Å². The maximum atomic E-state index is 11.4. The Labute approximate surface area is 161 Å². The Hall–Kier alpha value is -2.33. The number of carbonyl (C=O) groups excluding carboxylic acids is 1. The van der Waals surface area contributed by atoms with Gasteiger partial charge in [0.25, 0.3) is 0 Å². The highest BCUT2D eigenvalue weighted by Gasteiger charge is 2.18. The van der Waals surface area contributed by atoms with Crippen LogP contribution in [0.4, 0.5) is 0 Å². The molecule has 2 aromatic carbocycles. The van der Waals surface area contributed by atoms with Crippen molar-refractivity contribution in [2.24, 2.45) is 0 Å². The minimum Gasteiger partial charge on any atom is -0.494 e. The molecule has 4 nitrogen and oxygen atoms in total. The largest absolute Gasteiger partial charge is 0.494 e. The number of benzene rings is 2. The Morgan fingerprint density at radius 2 is 2.00 bits per heavy atom. The van der Waals surface area contributed by atoms with Gasteiger partial charge in [-0.15, -0.1) is 0 Å². The second kappa shape index (κ2) is 10.1. The van der Waals surface area contributed by atoms with Crippen LogP contribution in [0.2, 0.25) is 0 Å². The number of fused-ring (bicyclic) bond motifs is 1. The highest BCUT2D eigenvalue weighted by Crippen LogP contribution is 2.26. The highest BCUT2D eigenvalue weighted by atomic mass is 16.5. The molecular formula is C23H29NO3. The van der Waals surface area contributed by atoms with Crippen LogP contribution in [0.15, 0.2) is 48.5 Å². The number of esters is 1. The predicted octanol–water partition coefficient (Wildman–Crippen LogP) is 4.06. The molecule has 1 aliphatic carbocycles. The van der Waals surface area contributed by atoms with Gasteiger partial charge in [-0.3, -0.25) is 4.79 Å². The van der Waals surface area contributed by atoms with Crippen molar-refractivity contribution in [2.45, 2.75) is 51.6 Å². The van der Waals surface area contributed by atoms with Crippen molar-refractivity contribution >= 4 is 5.97 Å². The summed E-state index contributed by atoms with van der Waals surface area (Å²) in [5.74, 6) is 0.736. The molecule has 3 rings (SSSR count). The summed E-state index contributed by atoms with van der Waals surface area (Å²) in [6.07, 6.45) is 4.38. The minimum atomic E-state index is -0.154. The zero-order chi connectivity index (χ0) is 18.9. The molecule has 0 bridgehead atoms. The van der Waals surface area contributed by atoms with Crippen molar-refractivity contribution in [3.05, 3.63) is 65.2 Å². The van der Waals surface area contributed by atoms with E-state index in [0.717, 1.165) is 25.1 Å². The van der Waals surface area contributed by atoms with Crippen molar-refractivity contribution in [2.75, 3.05) is 13.2 Å². The van der Waals surface area contributed by atoms with Crippen LogP contribution in [0.5, 0.6) is 5.75 Å². The highest BCUT2D eigenvalue weighted by molar-refractivity contribution is 5.69. The lowest BCUT2D eigenvalue weighted by Crippen LogP contribution is -2.34. The summed E-state index contributed by atoms with van der Waals surface area (Å²) >= 11 is 0. The second-order valence-electron chi connectivity index (χ2n) is 6.99. The van der Waals surface area contributed by atoms with Gasteiger partial charge in [0.05, 0.1) is 13.2 Å². The average Bonchev–Trinajstić information content (AvgIpc) is 2.70. The molecule has 1 unspecified atom stereocenters. The summed E-state index contributed by atoms with van der Waals surface area (Å²) in [4.78, 5) is 11.4. The fraction of sp³-hybridized carbons (Fsp3) is 0.435. The van der Waals surface area contributed by atoms with Crippen LogP contribution in [-0.4, -0.2) is 25.2 Å². The summed E-state index contributed by atoms with van der Waals surface area (Å²) in [7, 11) is 0. The number of carbonyl (C=O) groups is 1. The Kier molecular flexibility index (Phi) is 7.28. The number of hydrogen-bond donors (Lipinski definition) is 1. The molecule has 1 atom stereocenters. The van der Waals surface area contributed by atoms with Gasteiger partial charge >= 0.3 is 5.97 Å². The molecule has 0 saturated heterocycles. The molecule has 1 N–H and O–H groups in total. The standard InChI is InChI=1S/C23H29NO3/c1-2-26-23(25)9-6-14-27-22-13-11-19-10-12-21(15-20(19)16-22)24-17-18-7-4-3-5-8-18/h3-5,7-8,11,13,16,21,24H,2,6,9-10,12,14-15,17H2,1H3. The van der Waals surface area contributed by atoms with Crippen molar-refractivity contribution < 1.29 is 14.3 Å². The number of hydrogen-bond acceptors (Lipinski definition) is 4. The van der Waals surface area contributed by atoms with E-state index < -0.39 is 0 Å². The summed E-state index contributed by atoms with van der Waals surface area (Å²) in [6, 6.07) is 17.4. The number of ether oxygens (including phenoxy) is 2. The molecule has 0 aliphatic heterocycles. The molecule has 0 radical (unpaired) electrons. The van der Waals surface area contributed by atoms with Crippen LogP contribution < -0.4 is 10.1 Å². The average molecular weight is 367 g/mol. The van der Waals surface area contributed by atoms with E-state index in [2.05, 4.69) is 47.8 Å². The summed E-state index contributed by atoms with van der Waals surface area (Å²) in [5, 5.41) is 3.68. The van der Waals surface area contributed by atoms with E-state index in [-0.39, 0.29) is 5.97 Å². The third-order valence-electron chi connectivity index (χ3n) is 4.94. The Bertz CT molecular complexity index is 730. The lowest BCUT2D eigenvalue weighted by Gasteiger charge is -2.26. The third-order valence-corrected chi connectivity index (χ3v) is 4.94. The van der Waals surface area contributed by atoms with Crippen LogP contribution in [0, 0.1) is 0 Å². The van der Waals surface area contributed by atoms with E-state index in [1.165, 1.54) is 23.1 Å². The first-order valence-electron chi connectivity index (χ1n) is 9.92. The Balaban J connectivity index is 1.47. The maximum Gasteiger partial charge on any atom is 0.305 e. The van der Waals surface area contributed by atoms with E-state index in [1.54, 1.807) is 0 Å².